The summed E-state index contributed by atoms with van der Waals surface area (Å²) in [5.41, 5.74) is 10.0. The number of benzene rings is 4. The van der Waals surface area contributed by atoms with E-state index in [1.807, 2.05) is 49.5 Å². The summed E-state index contributed by atoms with van der Waals surface area (Å²) in [6.07, 6.45) is 1.87. The molecule has 1 unspecified atom stereocenters. The average Bonchev–Trinajstić information content (AvgIpc) is 3.57. The molecule has 3 heterocycles. The zero-order valence-corrected chi connectivity index (χ0v) is 31.9. The predicted molar refractivity (Wildman–Crippen MR) is 219 cm³/mol. The fraction of sp³-hybridized carbons (Fsp3) is 0.191. The second-order valence-corrected chi connectivity index (χ2v) is 17.6. The molecule has 0 fully saturated rings. The summed E-state index contributed by atoms with van der Waals surface area (Å²) in [7, 11) is -1.07. The van der Waals surface area contributed by atoms with Gasteiger partial charge in [-0.2, -0.15) is 0 Å². The van der Waals surface area contributed by atoms with Crippen LogP contribution in [0.3, 0.4) is 0 Å². The second-order valence-electron chi connectivity index (χ2n) is 15.4. The Morgan fingerprint density at radius 3 is 1.88 bits per heavy atom. The largest absolute Gasteiger partial charge is 0.507 e. The van der Waals surface area contributed by atoms with Crippen LogP contribution in [0.5, 0.6) is 5.75 Å². The number of aromatic hydroxyl groups is 1. The fourth-order valence-electron chi connectivity index (χ4n) is 6.47. The van der Waals surface area contributed by atoms with Crippen LogP contribution in [0.4, 0.5) is 0 Å². The number of aromatic nitrogens is 2. The highest BCUT2D eigenvalue weighted by Crippen LogP contribution is 2.40. The minimum Gasteiger partial charge on any atom is -0.507 e. The van der Waals surface area contributed by atoms with Crippen molar-refractivity contribution in [2.24, 2.45) is 0 Å². The van der Waals surface area contributed by atoms with Crippen LogP contribution < -0.4 is 16.0 Å². The normalized spacial score (nSPS) is 12.5. The fourth-order valence-corrected chi connectivity index (χ4v) is 8.85. The van der Waals surface area contributed by atoms with Crippen molar-refractivity contribution in [3.8, 4) is 50.7 Å². The number of furan rings is 1. The molecule has 0 amide bonds. The molecule has 0 bridgehead atoms. The van der Waals surface area contributed by atoms with Crippen LogP contribution in [0.2, 0.25) is 0 Å². The summed E-state index contributed by atoms with van der Waals surface area (Å²) in [5.74, 6) is 1.93. The molecule has 3 aromatic heterocycles. The number of nitrogens with zero attached hydrogens (tertiary/aromatic N) is 2. The Hall–Kier alpha value is -5.31. The van der Waals surface area contributed by atoms with Gasteiger partial charge in [-0.1, -0.05) is 120 Å². The summed E-state index contributed by atoms with van der Waals surface area (Å²) < 4.78 is 6.16. The van der Waals surface area contributed by atoms with Gasteiger partial charge in [0, 0.05) is 30.8 Å². The van der Waals surface area contributed by atoms with Crippen LogP contribution in [0.15, 0.2) is 144 Å². The average molecular weight is 701 g/mol. The quantitative estimate of drug-likeness (QED) is 0.168. The molecule has 1 N–H and O–H groups in total. The Bertz CT molecular complexity index is 2330. The number of hydrogen-bond donors (Lipinski definition) is 1. The van der Waals surface area contributed by atoms with Gasteiger partial charge in [-0.25, -0.2) is 4.98 Å². The first-order valence-electron chi connectivity index (χ1n) is 17.8. The lowest BCUT2D eigenvalue weighted by Crippen LogP contribution is -2.24. The lowest BCUT2D eigenvalue weighted by atomic mass is 9.79. The third-order valence-corrected chi connectivity index (χ3v) is 11.8. The molecule has 1 atom stereocenters. The third kappa shape index (κ3) is 7.36. The maximum atomic E-state index is 11.0. The zero-order chi connectivity index (χ0) is 36.6. The minimum absolute atomic E-state index is 0.0337. The molecule has 0 saturated heterocycles. The smallest absolute Gasteiger partial charge is 0.134 e. The Labute approximate surface area is 309 Å². The van der Waals surface area contributed by atoms with Crippen molar-refractivity contribution in [3.05, 3.63) is 157 Å². The standard InChI is InChI=1S/C47H45N2O2P/c1-31-22-23-43(51-31)39-18-9-11-20-44(39)52(45-21-12-13-24-48-45)37-16-14-15-32(27-37)40-28-34(29-41(49-40)38-17-8-10-19-42(38)50)33-25-35(46(2,3)4)30-36(26-33)47(5,6)7/h8-30,50H,1-7H3. The van der Waals surface area contributed by atoms with Gasteiger partial charge in [0.25, 0.3) is 0 Å². The van der Waals surface area contributed by atoms with Gasteiger partial charge >= 0.3 is 0 Å². The Morgan fingerprint density at radius 1 is 0.577 bits per heavy atom. The topological polar surface area (TPSA) is 59.2 Å². The van der Waals surface area contributed by atoms with E-state index in [4.69, 9.17) is 14.4 Å². The zero-order valence-electron chi connectivity index (χ0n) is 31.0. The SMILES string of the molecule is Cc1ccc(-c2ccccc2P(c2cccc(-c3cc(-c4cc(C(C)(C)C)cc(C(C)(C)C)c4)cc(-c4ccccc4O)n3)c2)c2ccccn2)o1. The van der Waals surface area contributed by atoms with Gasteiger partial charge in [-0.15, -0.1) is 0 Å². The van der Waals surface area contributed by atoms with Crippen molar-refractivity contribution >= 4 is 24.0 Å². The van der Waals surface area contributed by atoms with Gasteiger partial charge in [0.1, 0.15) is 17.3 Å². The number of rotatable bonds is 7. The number of phenols is 1. The Balaban J connectivity index is 1.44. The van der Waals surface area contributed by atoms with E-state index in [1.54, 1.807) is 6.07 Å². The summed E-state index contributed by atoms with van der Waals surface area (Å²) in [5, 5.41) is 13.4. The number of para-hydroxylation sites is 1. The third-order valence-electron chi connectivity index (χ3n) is 9.43. The lowest BCUT2D eigenvalue weighted by molar-refractivity contribution is 0.477. The molecule has 0 radical (unpaired) electrons. The predicted octanol–water partition coefficient (Wildman–Crippen LogP) is 11.1. The minimum atomic E-state index is -1.07. The van der Waals surface area contributed by atoms with Crippen LogP contribution in [-0.2, 0) is 10.8 Å². The number of phenolic OH excluding ortho intramolecular Hbond substituents is 1. The molecule has 260 valence electrons. The van der Waals surface area contributed by atoms with E-state index >= 15 is 0 Å². The van der Waals surface area contributed by atoms with Crippen LogP contribution in [0, 0.1) is 6.92 Å². The molecule has 7 aromatic rings. The number of hydrogen-bond acceptors (Lipinski definition) is 4. The van der Waals surface area contributed by atoms with Gasteiger partial charge in [0.2, 0.25) is 0 Å². The van der Waals surface area contributed by atoms with Crippen LogP contribution >= 0.6 is 7.92 Å². The van der Waals surface area contributed by atoms with Crippen molar-refractivity contribution in [2.45, 2.75) is 59.3 Å². The van der Waals surface area contributed by atoms with E-state index in [9.17, 15) is 5.11 Å². The van der Waals surface area contributed by atoms with Gasteiger partial charge in [0.05, 0.1) is 16.8 Å². The number of aryl methyl sites for hydroxylation is 1. The first kappa shape index (κ1) is 35.1. The summed E-state index contributed by atoms with van der Waals surface area (Å²) in [6.45, 7) is 15.6. The molecule has 5 heteroatoms. The summed E-state index contributed by atoms with van der Waals surface area (Å²) >= 11 is 0. The van der Waals surface area contributed by atoms with Gasteiger partial charge in [-0.3, -0.25) is 4.98 Å². The molecular formula is C47H45N2O2P. The molecule has 0 spiro atoms. The highest BCUT2D eigenvalue weighted by atomic mass is 31.1. The van der Waals surface area contributed by atoms with Crippen molar-refractivity contribution in [1.29, 1.82) is 0 Å². The van der Waals surface area contributed by atoms with Gasteiger partial charge in [0.15, 0.2) is 0 Å². The second kappa shape index (κ2) is 14.0. The van der Waals surface area contributed by atoms with Crippen molar-refractivity contribution in [3.63, 3.8) is 0 Å². The summed E-state index contributed by atoms with van der Waals surface area (Å²) in [4.78, 5) is 10.1. The van der Waals surface area contributed by atoms with Gasteiger partial charge in [-0.05, 0) is 105 Å². The van der Waals surface area contributed by atoms with E-state index in [1.165, 1.54) is 16.4 Å². The highest BCUT2D eigenvalue weighted by Gasteiger charge is 2.25. The molecule has 4 aromatic carbocycles. The molecule has 52 heavy (non-hydrogen) atoms. The van der Waals surface area contributed by atoms with Gasteiger partial charge < -0.3 is 9.52 Å². The van der Waals surface area contributed by atoms with E-state index in [-0.39, 0.29) is 16.6 Å². The molecule has 0 saturated carbocycles. The first-order valence-corrected chi connectivity index (χ1v) is 19.1. The first-order chi connectivity index (χ1) is 24.8. The molecular weight excluding hydrogens is 656 g/mol. The van der Waals surface area contributed by atoms with Crippen LogP contribution in [-0.4, -0.2) is 15.1 Å². The maximum absolute atomic E-state index is 11.0. The van der Waals surface area contributed by atoms with E-state index in [2.05, 4.69) is 133 Å². The molecule has 0 aliphatic heterocycles. The Kier molecular flexibility index (Phi) is 9.46. The molecule has 7 rings (SSSR count). The van der Waals surface area contributed by atoms with Crippen molar-refractivity contribution in [1.82, 2.24) is 9.97 Å². The van der Waals surface area contributed by atoms with Crippen LogP contribution in [0.25, 0.3) is 45.0 Å². The van der Waals surface area contributed by atoms with E-state index in [0.717, 1.165) is 55.9 Å². The lowest BCUT2D eigenvalue weighted by Gasteiger charge is -2.26. The van der Waals surface area contributed by atoms with Crippen LogP contribution in [0.1, 0.15) is 58.4 Å². The summed E-state index contributed by atoms with van der Waals surface area (Å²) in [6, 6.07) is 46.1. The van der Waals surface area contributed by atoms with E-state index < -0.39 is 7.92 Å². The highest BCUT2D eigenvalue weighted by molar-refractivity contribution is 7.79. The molecule has 0 aliphatic carbocycles. The number of pyridine rings is 2. The van der Waals surface area contributed by atoms with Crippen molar-refractivity contribution < 1.29 is 9.52 Å². The monoisotopic (exact) mass is 700 g/mol. The Morgan fingerprint density at radius 2 is 1.23 bits per heavy atom. The van der Waals surface area contributed by atoms with E-state index in [0.29, 0.717) is 5.56 Å². The molecule has 4 nitrogen and oxygen atoms in total. The van der Waals surface area contributed by atoms with Crippen molar-refractivity contribution in [2.75, 3.05) is 0 Å². The molecule has 0 aliphatic rings. The maximum Gasteiger partial charge on any atom is 0.134 e.